The van der Waals surface area contributed by atoms with Crippen molar-refractivity contribution in [2.75, 3.05) is 6.61 Å². The lowest BCUT2D eigenvalue weighted by Gasteiger charge is -2.50. The van der Waals surface area contributed by atoms with Gasteiger partial charge in [-0.05, 0) is 19.8 Å². The van der Waals surface area contributed by atoms with Crippen molar-refractivity contribution in [3.8, 4) is 0 Å². The van der Waals surface area contributed by atoms with Gasteiger partial charge in [0.15, 0.2) is 0 Å². The van der Waals surface area contributed by atoms with Gasteiger partial charge in [0.05, 0.1) is 12.7 Å². The molecule has 16 heavy (non-hydrogen) atoms. The van der Waals surface area contributed by atoms with Crippen molar-refractivity contribution in [1.29, 1.82) is 0 Å². The molecule has 1 saturated carbocycles. The van der Waals surface area contributed by atoms with E-state index in [2.05, 4.69) is 5.32 Å². The number of aliphatic hydroxyl groups excluding tert-OH is 1. The number of aliphatic hydroxyl groups is 1. The van der Waals surface area contributed by atoms with E-state index in [1.807, 2.05) is 27.7 Å². The summed E-state index contributed by atoms with van der Waals surface area (Å²) in [5.41, 5.74) is -0.153. The first-order valence-electron chi connectivity index (χ1n) is 6.04. The lowest BCUT2D eigenvalue weighted by Crippen LogP contribution is -2.63. The topological polar surface area (TPSA) is 58.6 Å². The molecule has 0 aromatic heterocycles. The minimum atomic E-state index is -0.273. The number of hydrogen-bond donors (Lipinski definition) is 2. The molecule has 0 aromatic rings. The van der Waals surface area contributed by atoms with Crippen molar-refractivity contribution >= 4 is 5.97 Å². The Morgan fingerprint density at radius 2 is 2.19 bits per heavy atom. The van der Waals surface area contributed by atoms with Crippen LogP contribution in [0.2, 0.25) is 0 Å². The van der Waals surface area contributed by atoms with E-state index in [-0.39, 0.29) is 29.6 Å². The molecule has 1 rings (SSSR count). The highest BCUT2D eigenvalue weighted by Gasteiger charge is 2.48. The van der Waals surface area contributed by atoms with E-state index in [9.17, 15) is 9.90 Å². The zero-order valence-electron chi connectivity index (χ0n) is 10.6. The summed E-state index contributed by atoms with van der Waals surface area (Å²) >= 11 is 0. The molecule has 0 amide bonds. The van der Waals surface area contributed by atoms with E-state index < -0.39 is 0 Å². The second-order valence-corrected chi connectivity index (χ2v) is 5.01. The van der Waals surface area contributed by atoms with Crippen LogP contribution < -0.4 is 5.32 Å². The molecule has 0 saturated heterocycles. The highest BCUT2D eigenvalue weighted by molar-refractivity contribution is 5.75. The molecule has 1 fully saturated rings. The molecule has 4 heteroatoms. The van der Waals surface area contributed by atoms with Crippen LogP contribution in [0.15, 0.2) is 0 Å². The lowest BCUT2D eigenvalue weighted by atomic mass is 9.64. The number of esters is 1. The summed E-state index contributed by atoms with van der Waals surface area (Å²) in [5, 5.41) is 12.9. The molecular formula is C12H23NO3. The van der Waals surface area contributed by atoms with Gasteiger partial charge in [0.25, 0.3) is 0 Å². The Morgan fingerprint density at radius 1 is 1.56 bits per heavy atom. The van der Waals surface area contributed by atoms with Crippen LogP contribution in [0.4, 0.5) is 0 Å². The number of carbonyl (C=O) groups is 1. The third-order valence-corrected chi connectivity index (χ3v) is 3.60. The fourth-order valence-corrected chi connectivity index (χ4v) is 2.02. The molecule has 3 unspecified atom stereocenters. The van der Waals surface area contributed by atoms with Crippen molar-refractivity contribution in [3.05, 3.63) is 0 Å². The Labute approximate surface area is 97.4 Å². The maximum absolute atomic E-state index is 11.6. The Bertz CT molecular complexity index is 253. The normalized spacial score (nSPS) is 29.3. The molecular weight excluding hydrogens is 206 g/mol. The van der Waals surface area contributed by atoms with Gasteiger partial charge in [-0.3, -0.25) is 4.79 Å². The Balaban J connectivity index is 2.49. The molecule has 0 spiro atoms. The summed E-state index contributed by atoms with van der Waals surface area (Å²) in [6, 6.07) is -0.0615. The number of ether oxygens (including phenoxy) is 1. The number of rotatable bonds is 5. The van der Waals surface area contributed by atoms with Gasteiger partial charge in [0.1, 0.15) is 6.04 Å². The first kappa shape index (κ1) is 13.5. The standard InChI is InChI=1S/C12H23NO3/c1-5-8(11(15)16-6-2)13-9-7-10(14)12(9,3)4/h8-10,13-14H,5-7H2,1-4H3. The number of nitrogens with one attached hydrogen (secondary N) is 1. The van der Waals surface area contributed by atoms with E-state index in [1.54, 1.807) is 0 Å². The molecule has 2 N–H and O–H groups in total. The summed E-state index contributed by atoms with van der Waals surface area (Å²) in [5.74, 6) is -0.192. The molecule has 0 aromatic carbocycles. The maximum Gasteiger partial charge on any atom is 0.323 e. The van der Waals surface area contributed by atoms with Gasteiger partial charge in [-0.2, -0.15) is 0 Å². The van der Waals surface area contributed by atoms with E-state index >= 15 is 0 Å². The molecule has 0 bridgehead atoms. The van der Waals surface area contributed by atoms with E-state index in [1.165, 1.54) is 0 Å². The van der Waals surface area contributed by atoms with Crippen LogP contribution in [0, 0.1) is 5.41 Å². The van der Waals surface area contributed by atoms with E-state index in [0.717, 1.165) is 0 Å². The molecule has 3 atom stereocenters. The smallest absolute Gasteiger partial charge is 0.323 e. The highest BCUT2D eigenvalue weighted by atomic mass is 16.5. The SMILES string of the molecule is CCOC(=O)C(CC)NC1CC(O)C1(C)C. The summed E-state index contributed by atoms with van der Waals surface area (Å²) in [4.78, 5) is 11.6. The van der Waals surface area contributed by atoms with Crippen molar-refractivity contribution in [3.63, 3.8) is 0 Å². The van der Waals surface area contributed by atoms with Crippen LogP contribution in [0.1, 0.15) is 40.5 Å². The van der Waals surface area contributed by atoms with Crippen molar-refractivity contribution in [1.82, 2.24) is 5.32 Å². The summed E-state index contributed by atoms with van der Waals surface area (Å²) in [6.45, 7) is 8.19. The van der Waals surface area contributed by atoms with Gasteiger partial charge in [0, 0.05) is 11.5 Å². The van der Waals surface area contributed by atoms with Crippen molar-refractivity contribution < 1.29 is 14.6 Å². The van der Waals surface area contributed by atoms with Crippen molar-refractivity contribution in [2.24, 2.45) is 5.41 Å². The minimum absolute atomic E-state index is 0.153. The lowest BCUT2D eigenvalue weighted by molar-refractivity contribution is -0.148. The molecule has 0 aliphatic heterocycles. The van der Waals surface area contributed by atoms with Gasteiger partial charge >= 0.3 is 5.97 Å². The fraction of sp³-hybridized carbons (Fsp3) is 0.917. The third kappa shape index (κ3) is 2.55. The van der Waals surface area contributed by atoms with Crippen LogP contribution >= 0.6 is 0 Å². The second kappa shape index (κ2) is 5.15. The van der Waals surface area contributed by atoms with Gasteiger partial charge in [-0.25, -0.2) is 0 Å². The molecule has 4 nitrogen and oxygen atoms in total. The van der Waals surface area contributed by atoms with Crippen molar-refractivity contribution in [2.45, 2.75) is 58.7 Å². The number of hydrogen-bond acceptors (Lipinski definition) is 4. The average Bonchev–Trinajstić information content (AvgIpc) is 2.24. The average molecular weight is 229 g/mol. The van der Waals surface area contributed by atoms with Gasteiger partial charge < -0.3 is 15.2 Å². The molecule has 1 aliphatic rings. The van der Waals surface area contributed by atoms with Crippen LogP contribution in [0.3, 0.4) is 0 Å². The summed E-state index contributed by atoms with van der Waals surface area (Å²) in [6.07, 6.45) is 1.15. The molecule has 0 radical (unpaired) electrons. The van der Waals surface area contributed by atoms with Gasteiger partial charge in [-0.15, -0.1) is 0 Å². The largest absolute Gasteiger partial charge is 0.465 e. The maximum atomic E-state index is 11.6. The Kier molecular flexibility index (Phi) is 4.33. The van der Waals surface area contributed by atoms with Gasteiger partial charge in [0.2, 0.25) is 0 Å². The Morgan fingerprint density at radius 3 is 2.56 bits per heavy atom. The molecule has 1 aliphatic carbocycles. The number of carbonyl (C=O) groups excluding carboxylic acids is 1. The summed E-state index contributed by atoms with van der Waals surface area (Å²) in [7, 11) is 0. The van der Waals surface area contributed by atoms with Crippen LogP contribution in [0.5, 0.6) is 0 Å². The van der Waals surface area contributed by atoms with E-state index in [4.69, 9.17) is 4.74 Å². The zero-order valence-corrected chi connectivity index (χ0v) is 10.6. The second-order valence-electron chi connectivity index (χ2n) is 5.01. The first-order chi connectivity index (χ1) is 7.43. The quantitative estimate of drug-likeness (QED) is 0.693. The first-order valence-corrected chi connectivity index (χ1v) is 6.04. The Hall–Kier alpha value is -0.610. The minimum Gasteiger partial charge on any atom is -0.465 e. The predicted octanol–water partition coefficient (Wildman–Crippen LogP) is 1.08. The molecule has 94 valence electrons. The van der Waals surface area contributed by atoms with E-state index in [0.29, 0.717) is 19.4 Å². The fourth-order valence-electron chi connectivity index (χ4n) is 2.02. The highest BCUT2D eigenvalue weighted by Crippen LogP contribution is 2.40. The zero-order chi connectivity index (χ0) is 12.3. The summed E-state index contributed by atoms with van der Waals surface area (Å²) < 4.78 is 5.00. The van der Waals surface area contributed by atoms with Crippen LogP contribution in [0.25, 0.3) is 0 Å². The predicted molar refractivity (Wildman–Crippen MR) is 62.0 cm³/mol. The monoisotopic (exact) mass is 229 g/mol. The van der Waals surface area contributed by atoms with Crippen LogP contribution in [-0.2, 0) is 9.53 Å². The third-order valence-electron chi connectivity index (χ3n) is 3.60. The van der Waals surface area contributed by atoms with Gasteiger partial charge in [-0.1, -0.05) is 20.8 Å². The van der Waals surface area contributed by atoms with Crippen LogP contribution in [-0.4, -0.2) is 35.9 Å². The molecule has 0 heterocycles.